The summed E-state index contributed by atoms with van der Waals surface area (Å²) in [6.45, 7) is 1.48. The molecule has 0 radical (unpaired) electrons. The van der Waals surface area contributed by atoms with Crippen molar-refractivity contribution >= 4 is 29.1 Å². The van der Waals surface area contributed by atoms with Gasteiger partial charge >= 0.3 is 6.36 Å². The number of halogens is 3. The number of rotatable bonds is 7. The Morgan fingerprint density at radius 2 is 1.82 bits per heavy atom. The zero-order valence-electron chi connectivity index (χ0n) is 17.9. The van der Waals surface area contributed by atoms with Crippen LogP contribution in [0.5, 0.6) is 11.5 Å². The number of anilines is 2. The first kappa shape index (κ1) is 23.9. The van der Waals surface area contributed by atoms with Gasteiger partial charge in [0.05, 0.1) is 12.2 Å². The maximum absolute atomic E-state index is 12.5. The van der Waals surface area contributed by atoms with Gasteiger partial charge in [0.25, 0.3) is 5.91 Å². The number of alkyl halides is 3. The quantitative estimate of drug-likeness (QED) is 0.679. The zero-order valence-corrected chi connectivity index (χ0v) is 17.9. The third kappa shape index (κ3) is 6.37. The molecule has 2 aromatic carbocycles. The Hall–Kier alpha value is -3.76. The minimum atomic E-state index is -4.81. The highest BCUT2D eigenvalue weighted by molar-refractivity contribution is 6.00. The average molecular weight is 465 g/mol. The van der Waals surface area contributed by atoms with Crippen LogP contribution in [0.2, 0.25) is 0 Å². The lowest BCUT2D eigenvalue weighted by Gasteiger charge is -2.33. The monoisotopic (exact) mass is 465 g/mol. The van der Waals surface area contributed by atoms with Crippen LogP contribution in [0.1, 0.15) is 13.3 Å². The van der Waals surface area contributed by atoms with Crippen molar-refractivity contribution in [3.05, 3.63) is 48.5 Å². The number of likely N-dealkylation sites (N-methyl/N-ethyl adjacent to an activating group) is 1. The summed E-state index contributed by atoms with van der Waals surface area (Å²) in [5.74, 6) is -1.02. The van der Waals surface area contributed by atoms with E-state index in [-0.39, 0.29) is 37.0 Å². The molecule has 0 aliphatic carbocycles. The molecule has 1 atom stereocenters. The number of nitrogens with one attached hydrogen (secondary N) is 1. The molecule has 1 aliphatic heterocycles. The van der Waals surface area contributed by atoms with Gasteiger partial charge in [-0.15, -0.1) is 13.2 Å². The number of carbonyl (C=O) groups is 3. The first-order chi connectivity index (χ1) is 15.5. The molecule has 0 fully saturated rings. The Labute approximate surface area is 187 Å². The first-order valence-corrected chi connectivity index (χ1v) is 10.00. The molecule has 11 heteroatoms. The predicted molar refractivity (Wildman–Crippen MR) is 113 cm³/mol. The predicted octanol–water partition coefficient (Wildman–Crippen LogP) is 3.19. The molecule has 0 saturated heterocycles. The minimum absolute atomic E-state index is 0.0138. The summed E-state index contributed by atoms with van der Waals surface area (Å²) >= 11 is 0. The Morgan fingerprint density at radius 3 is 2.48 bits per heavy atom. The van der Waals surface area contributed by atoms with Crippen molar-refractivity contribution in [1.82, 2.24) is 4.90 Å². The van der Waals surface area contributed by atoms with E-state index in [2.05, 4.69) is 10.1 Å². The number of ether oxygens (including phenoxy) is 2. The fraction of sp³-hybridized carbons (Fsp3) is 0.318. The van der Waals surface area contributed by atoms with Crippen LogP contribution in [0.4, 0.5) is 24.5 Å². The number of hydrogen-bond donors (Lipinski definition) is 1. The van der Waals surface area contributed by atoms with Crippen LogP contribution in [0.15, 0.2) is 48.5 Å². The highest BCUT2D eigenvalue weighted by Gasteiger charge is 2.32. The van der Waals surface area contributed by atoms with Gasteiger partial charge in [0, 0.05) is 25.7 Å². The van der Waals surface area contributed by atoms with Gasteiger partial charge in [-0.1, -0.05) is 12.1 Å². The van der Waals surface area contributed by atoms with Crippen LogP contribution in [0.25, 0.3) is 0 Å². The second-order valence-corrected chi connectivity index (χ2v) is 7.34. The molecular weight excluding hydrogens is 443 g/mol. The Bertz CT molecular complexity index is 1030. The Morgan fingerprint density at radius 1 is 1.15 bits per heavy atom. The number of hydrogen-bond acceptors (Lipinski definition) is 5. The number of benzene rings is 2. The maximum Gasteiger partial charge on any atom is 0.573 e. The summed E-state index contributed by atoms with van der Waals surface area (Å²) in [5.41, 5.74) is 0.826. The highest BCUT2D eigenvalue weighted by atomic mass is 19.4. The van der Waals surface area contributed by atoms with Gasteiger partial charge in [0.15, 0.2) is 6.10 Å². The third-order valence-electron chi connectivity index (χ3n) is 4.80. The second-order valence-electron chi connectivity index (χ2n) is 7.34. The van der Waals surface area contributed by atoms with E-state index in [0.29, 0.717) is 11.4 Å². The molecule has 1 heterocycles. The van der Waals surface area contributed by atoms with Gasteiger partial charge in [0.2, 0.25) is 11.8 Å². The fourth-order valence-corrected chi connectivity index (χ4v) is 3.23. The van der Waals surface area contributed by atoms with Crippen molar-refractivity contribution in [2.24, 2.45) is 0 Å². The zero-order chi connectivity index (χ0) is 24.2. The van der Waals surface area contributed by atoms with Crippen molar-refractivity contribution in [3.8, 4) is 11.5 Å². The van der Waals surface area contributed by atoms with E-state index in [9.17, 15) is 27.6 Å². The summed E-state index contributed by atoms with van der Waals surface area (Å²) in [4.78, 5) is 39.9. The van der Waals surface area contributed by atoms with Crippen LogP contribution < -0.4 is 19.7 Å². The number of carbonyl (C=O) groups excluding carboxylic acids is 3. The minimum Gasteiger partial charge on any atom is -0.479 e. The summed E-state index contributed by atoms with van der Waals surface area (Å²) in [6, 6.07) is 11.7. The summed E-state index contributed by atoms with van der Waals surface area (Å²) < 4.78 is 46.0. The Kier molecular flexibility index (Phi) is 7.10. The van der Waals surface area contributed by atoms with Crippen LogP contribution in [0, 0.1) is 0 Å². The number of nitrogens with zero attached hydrogens (tertiary/aromatic N) is 2. The molecule has 3 amide bonds. The topological polar surface area (TPSA) is 88.2 Å². The van der Waals surface area contributed by atoms with Gasteiger partial charge in [-0.3, -0.25) is 14.4 Å². The summed E-state index contributed by atoms with van der Waals surface area (Å²) in [6.07, 6.45) is -5.49. The second kappa shape index (κ2) is 9.80. The number of fused-ring (bicyclic) bond motifs is 1. The lowest BCUT2D eigenvalue weighted by molar-refractivity contribution is -0.274. The van der Waals surface area contributed by atoms with Crippen molar-refractivity contribution < 1.29 is 37.0 Å². The van der Waals surface area contributed by atoms with Gasteiger partial charge in [-0.05, 0) is 43.3 Å². The molecule has 33 heavy (non-hydrogen) atoms. The van der Waals surface area contributed by atoms with E-state index in [4.69, 9.17) is 4.74 Å². The van der Waals surface area contributed by atoms with Crippen LogP contribution in [0.3, 0.4) is 0 Å². The van der Waals surface area contributed by atoms with E-state index >= 15 is 0 Å². The first-order valence-electron chi connectivity index (χ1n) is 10.00. The number of para-hydroxylation sites is 2. The van der Waals surface area contributed by atoms with E-state index in [0.717, 1.165) is 12.1 Å². The molecule has 0 spiro atoms. The van der Waals surface area contributed by atoms with Gasteiger partial charge < -0.3 is 24.6 Å². The average Bonchev–Trinajstić information content (AvgIpc) is 2.74. The fourth-order valence-electron chi connectivity index (χ4n) is 3.23. The standard InChI is InChI=1S/C22H22F3N3O5/c1-14-21(31)28(17-5-3-4-6-18(17)32-14)12-11-20(30)27(2)13-19(29)26-15-7-9-16(10-8-15)33-22(23,24)25/h3-10,14H,11-13H2,1-2H3,(H,26,29)/t14-/m0/s1. The highest BCUT2D eigenvalue weighted by Crippen LogP contribution is 2.33. The van der Waals surface area contributed by atoms with Crippen molar-refractivity contribution in [2.75, 3.05) is 30.4 Å². The lowest BCUT2D eigenvalue weighted by Crippen LogP contribution is -2.46. The number of amides is 3. The SMILES string of the molecule is C[C@@H]1Oc2ccccc2N(CCC(=O)N(C)CC(=O)Nc2ccc(OC(F)(F)F)cc2)C1=O. The molecule has 1 N–H and O–H groups in total. The van der Waals surface area contributed by atoms with Crippen molar-refractivity contribution in [3.63, 3.8) is 0 Å². The molecule has 176 valence electrons. The molecular formula is C22H22F3N3O5. The van der Waals surface area contributed by atoms with E-state index in [1.807, 2.05) is 0 Å². The maximum atomic E-state index is 12.5. The molecule has 0 saturated carbocycles. The normalized spacial score (nSPS) is 15.4. The molecule has 0 bridgehead atoms. The molecule has 2 aromatic rings. The smallest absolute Gasteiger partial charge is 0.479 e. The molecule has 1 aliphatic rings. The van der Waals surface area contributed by atoms with Gasteiger partial charge in [0.1, 0.15) is 11.5 Å². The summed E-state index contributed by atoms with van der Waals surface area (Å²) in [5, 5.41) is 2.50. The van der Waals surface area contributed by atoms with E-state index in [1.54, 1.807) is 31.2 Å². The van der Waals surface area contributed by atoms with E-state index < -0.39 is 24.1 Å². The molecule has 0 aromatic heterocycles. The van der Waals surface area contributed by atoms with Crippen molar-refractivity contribution in [1.29, 1.82) is 0 Å². The lowest BCUT2D eigenvalue weighted by atomic mass is 10.1. The van der Waals surface area contributed by atoms with Gasteiger partial charge in [-0.2, -0.15) is 0 Å². The van der Waals surface area contributed by atoms with Crippen LogP contribution in [-0.2, 0) is 14.4 Å². The molecule has 8 nitrogen and oxygen atoms in total. The van der Waals surface area contributed by atoms with E-state index in [1.165, 1.54) is 29.0 Å². The van der Waals surface area contributed by atoms with Gasteiger partial charge in [-0.25, -0.2) is 0 Å². The van der Waals surface area contributed by atoms with Crippen molar-refractivity contribution in [2.45, 2.75) is 25.8 Å². The third-order valence-corrected chi connectivity index (χ3v) is 4.80. The molecule has 3 rings (SSSR count). The van der Waals surface area contributed by atoms with Crippen LogP contribution in [-0.4, -0.2) is 55.2 Å². The Balaban J connectivity index is 1.51. The summed E-state index contributed by atoms with van der Waals surface area (Å²) in [7, 11) is 1.44. The molecule has 0 unspecified atom stereocenters. The largest absolute Gasteiger partial charge is 0.573 e. The van der Waals surface area contributed by atoms with Crippen LogP contribution >= 0.6 is 0 Å².